The number of hydrogen-bond donors (Lipinski definition) is 0. The minimum atomic E-state index is 0.680. The molecule has 0 nitrogen and oxygen atoms in total. The summed E-state index contributed by atoms with van der Waals surface area (Å²) in [5.74, 6) is 1.44. The first kappa shape index (κ1) is 11.3. The summed E-state index contributed by atoms with van der Waals surface area (Å²) in [4.78, 5) is 0. The Balaban J connectivity index is 2.65. The Kier molecular flexibility index (Phi) is 4.72. The van der Waals surface area contributed by atoms with Gasteiger partial charge in [-0.1, -0.05) is 56.7 Å². The summed E-state index contributed by atoms with van der Waals surface area (Å²) >= 11 is 0. The van der Waals surface area contributed by atoms with Gasteiger partial charge in [0.05, 0.1) is 0 Å². The van der Waals surface area contributed by atoms with Gasteiger partial charge in [-0.05, 0) is 31.1 Å². The molecule has 0 saturated heterocycles. The average molecular weight is 190 g/mol. The highest BCUT2D eigenvalue weighted by atomic mass is 14.1. The molecule has 1 unspecified atom stereocenters. The van der Waals surface area contributed by atoms with Crippen LogP contribution in [0.4, 0.5) is 0 Å². The Morgan fingerprint density at radius 2 is 2.14 bits per heavy atom. The molecular formula is C14H22. The molecule has 0 radical (unpaired) electrons. The van der Waals surface area contributed by atoms with E-state index in [2.05, 4.69) is 51.2 Å². The van der Waals surface area contributed by atoms with Crippen molar-refractivity contribution in [2.24, 2.45) is 11.8 Å². The molecule has 1 atom stereocenters. The largest absolute Gasteiger partial charge is 0.0877 e. The van der Waals surface area contributed by atoms with E-state index < -0.39 is 0 Å². The van der Waals surface area contributed by atoms with Crippen molar-refractivity contribution in [3.8, 4) is 0 Å². The predicted octanol–water partition coefficient (Wildman–Crippen LogP) is 4.50. The molecule has 0 heterocycles. The van der Waals surface area contributed by atoms with Gasteiger partial charge in [-0.2, -0.15) is 0 Å². The lowest BCUT2D eigenvalue weighted by Gasteiger charge is -2.06. The molecular weight excluding hydrogens is 168 g/mol. The second kappa shape index (κ2) is 5.85. The molecule has 0 saturated carbocycles. The van der Waals surface area contributed by atoms with Gasteiger partial charge in [0.25, 0.3) is 0 Å². The fourth-order valence-electron chi connectivity index (χ4n) is 1.68. The second-order valence-electron chi connectivity index (χ2n) is 4.66. The van der Waals surface area contributed by atoms with E-state index in [0.717, 1.165) is 12.3 Å². The summed E-state index contributed by atoms with van der Waals surface area (Å²) in [7, 11) is 0. The SMILES string of the molecule is CC(C)CC1=C/C/C=C/CC(C)\C=C\1. The van der Waals surface area contributed by atoms with Crippen LogP contribution in [0.2, 0.25) is 0 Å². The molecule has 0 aromatic carbocycles. The lowest BCUT2D eigenvalue weighted by molar-refractivity contribution is 0.647. The molecule has 1 aliphatic rings. The minimum absolute atomic E-state index is 0.680. The second-order valence-corrected chi connectivity index (χ2v) is 4.66. The van der Waals surface area contributed by atoms with E-state index in [-0.39, 0.29) is 0 Å². The molecule has 0 fully saturated rings. The summed E-state index contributed by atoms with van der Waals surface area (Å²) in [5.41, 5.74) is 1.50. The molecule has 0 bridgehead atoms. The van der Waals surface area contributed by atoms with E-state index in [1.807, 2.05) is 0 Å². The van der Waals surface area contributed by atoms with Gasteiger partial charge in [-0.3, -0.25) is 0 Å². The Labute approximate surface area is 88.4 Å². The maximum atomic E-state index is 2.35. The first-order chi connectivity index (χ1) is 6.68. The Morgan fingerprint density at radius 3 is 2.86 bits per heavy atom. The third kappa shape index (κ3) is 4.45. The molecule has 0 amide bonds. The van der Waals surface area contributed by atoms with Crippen molar-refractivity contribution in [2.75, 3.05) is 0 Å². The molecule has 0 spiro atoms. The smallest absolute Gasteiger partial charge is 0.0163 e. The first-order valence-corrected chi connectivity index (χ1v) is 5.70. The molecule has 0 N–H and O–H groups in total. The van der Waals surface area contributed by atoms with Crippen molar-refractivity contribution in [2.45, 2.75) is 40.0 Å². The van der Waals surface area contributed by atoms with Crippen LogP contribution in [-0.4, -0.2) is 0 Å². The predicted molar refractivity (Wildman–Crippen MR) is 64.2 cm³/mol. The highest BCUT2D eigenvalue weighted by molar-refractivity contribution is 5.21. The molecule has 0 aromatic rings. The molecule has 14 heavy (non-hydrogen) atoms. The van der Waals surface area contributed by atoms with E-state index in [1.165, 1.54) is 18.4 Å². The van der Waals surface area contributed by atoms with Crippen molar-refractivity contribution in [3.05, 3.63) is 36.0 Å². The third-order valence-electron chi connectivity index (χ3n) is 2.47. The first-order valence-electron chi connectivity index (χ1n) is 5.70. The van der Waals surface area contributed by atoms with Crippen molar-refractivity contribution in [1.29, 1.82) is 0 Å². The van der Waals surface area contributed by atoms with Gasteiger partial charge in [0.1, 0.15) is 0 Å². The summed E-state index contributed by atoms with van der Waals surface area (Å²) < 4.78 is 0. The van der Waals surface area contributed by atoms with Crippen molar-refractivity contribution in [1.82, 2.24) is 0 Å². The number of rotatable bonds is 2. The third-order valence-corrected chi connectivity index (χ3v) is 2.47. The molecule has 1 rings (SSSR count). The molecule has 0 aliphatic heterocycles. The molecule has 0 heteroatoms. The lowest BCUT2D eigenvalue weighted by Crippen LogP contribution is -1.90. The van der Waals surface area contributed by atoms with Gasteiger partial charge in [-0.25, -0.2) is 0 Å². The van der Waals surface area contributed by atoms with Gasteiger partial charge < -0.3 is 0 Å². The van der Waals surface area contributed by atoms with E-state index in [9.17, 15) is 0 Å². The maximum Gasteiger partial charge on any atom is -0.0163 e. The fourth-order valence-corrected chi connectivity index (χ4v) is 1.68. The highest BCUT2D eigenvalue weighted by Gasteiger charge is 2.00. The topological polar surface area (TPSA) is 0 Å². The van der Waals surface area contributed by atoms with Crippen LogP contribution in [0.15, 0.2) is 36.0 Å². The van der Waals surface area contributed by atoms with Crippen LogP contribution in [0.25, 0.3) is 0 Å². The summed E-state index contributed by atoms with van der Waals surface area (Å²) in [5, 5.41) is 0. The summed E-state index contributed by atoms with van der Waals surface area (Å²) in [6, 6.07) is 0. The monoisotopic (exact) mass is 190 g/mol. The average Bonchev–Trinajstić information content (AvgIpc) is 2.19. The zero-order valence-electron chi connectivity index (χ0n) is 9.66. The Bertz CT molecular complexity index is 241. The van der Waals surface area contributed by atoms with Crippen LogP contribution in [0.3, 0.4) is 0 Å². The van der Waals surface area contributed by atoms with Gasteiger partial charge in [0, 0.05) is 0 Å². The highest BCUT2D eigenvalue weighted by Crippen LogP contribution is 2.17. The van der Waals surface area contributed by atoms with E-state index in [4.69, 9.17) is 0 Å². The van der Waals surface area contributed by atoms with E-state index >= 15 is 0 Å². The van der Waals surface area contributed by atoms with Gasteiger partial charge in [-0.15, -0.1) is 0 Å². The fraction of sp³-hybridized carbons (Fsp3) is 0.571. The summed E-state index contributed by atoms with van der Waals surface area (Å²) in [6.07, 6.45) is 15.1. The summed E-state index contributed by atoms with van der Waals surface area (Å²) in [6.45, 7) is 6.83. The van der Waals surface area contributed by atoms with Gasteiger partial charge in [0.15, 0.2) is 0 Å². The lowest BCUT2D eigenvalue weighted by atomic mass is 10.0. The zero-order valence-corrected chi connectivity index (χ0v) is 9.66. The number of allylic oxidation sites excluding steroid dienone is 6. The standard InChI is InChI=1S/C14H22/c1-12(2)11-14-8-6-4-5-7-13(3)9-10-14/h4-5,8-10,12-13H,6-7,11H2,1-3H3/b5-4+,10-9+,14-8+. The quantitative estimate of drug-likeness (QED) is 0.562. The Morgan fingerprint density at radius 1 is 1.36 bits per heavy atom. The van der Waals surface area contributed by atoms with Gasteiger partial charge >= 0.3 is 0 Å². The van der Waals surface area contributed by atoms with Crippen LogP contribution in [0.5, 0.6) is 0 Å². The van der Waals surface area contributed by atoms with Gasteiger partial charge in [0.2, 0.25) is 0 Å². The van der Waals surface area contributed by atoms with Crippen molar-refractivity contribution in [3.63, 3.8) is 0 Å². The van der Waals surface area contributed by atoms with E-state index in [0.29, 0.717) is 5.92 Å². The molecule has 1 aliphatic carbocycles. The van der Waals surface area contributed by atoms with Crippen LogP contribution in [0.1, 0.15) is 40.0 Å². The number of hydrogen-bond acceptors (Lipinski definition) is 0. The van der Waals surface area contributed by atoms with Crippen LogP contribution < -0.4 is 0 Å². The maximum absolute atomic E-state index is 2.35. The van der Waals surface area contributed by atoms with Crippen LogP contribution in [-0.2, 0) is 0 Å². The van der Waals surface area contributed by atoms with Crippen LogP contribution in [0, 0.1) is 11.8 Å². The van der Waals surface area contributed by atoms with Crippen LogP contribution >= 0.6 is 0 Å². The normalized spacial score (nSPS) is 31.1. The van der Waals surface area contributed by atoms with Crippen molar-refractivity contribution < 1.29 is 0 Å². The minimum Gasteiger partial charge on any atom is -0.0877 e. The zero-order chi connectivity index (χ0) is 10.4. The van der Waals surface area contributed by atoms with E-state index in [1.54, 1.807) is 0 Å². The molecule has 78 valence electrons. The van der Waals surface area contributed by atoms with Crippen molar-refractivity contribution >= 4 is 0 Å². The Hall–Kier alpha value is -0.780. The molecule has 0 aromatic heterocycles.